The van der Waals surface area contributed by atoms with E-state index in [2.05, 4.69) is 33.0 Å². The van der Waals surface area contributed by atoms with E-state index in [9.17, 15) is 4.79 Å². The maximum atomic E-state index is 12.2. The Hall–Kier alpha value is -0.570. The van der Waals surface area contributed by atoms with Gasteiger partial charge in [0.1, 0.15) is 0 Å². The standard InChI is InChI=1S/C13H26N2O/c1-6-13(5)12(16)15(9-14-13)11(4)8-7-10(2)3/h10-11,14H,6-9H2,1-5H3. The molecular weight excluding hydrogens is 200 g/mol. The zero-order valence-corrected chi connectivity index (χ0v) is 11.3. The summed E-state index contributed by atoms with van der Waals surface area (Å²) >= 11 is 0. The molecule has 1 aliphatic rings. The van der Waals surface area contributed by atoms with Crippen molar-refractivity contribution < 1.29 is 4.79 Å². The van der Waals surface area contributed by atoms with Crippen LogP contribution in [0.3, 0.4) is 0 Å². The topological polar surface area (TPSA) is 32.3 Å². The first-order valence-corrected chi connectivity index (χ1v) is 6.46. The molecule has 1 N–H and O–H groups in total. The van der Waals surface area contributed by atoms with Gasteiger partial charge in [0.05, 0.1) is 12.2 Å². The average molecular weight is 226 g/mol. The van der Waals surface area contributed by atoms with Crippen LogP contribution in [-0.4, -0.2) is 29.1 Å². The maximum absolute atomic E-state index is 12.2. The van der Waals surface area contributed by atoms with Gasteiger partial charge in [-0.05, 0) is 39.0 Å². The molecule has 0 bridgehead atoms. The van der Waals surface area contributed by atoms with Crippen molar-refractivity contribution in [1.82, 2.24) is 10.2 Å². The quantitative estimate of drug-likeness (QED) is 0.780. The molecule has 0 saturated carbocycles. The minimum Gasteiger partial charge on any atom is -0.326 e. The predicted molar refractivity (Wildman–Crippen MR) is 67.1 cm³/mol. The van der Waals surface area contributed by atoms with E-state index in [1.807, 2.05) is 11.8 Å². The van der Waals surface area contributed by atoms with Crippen molar-refractivity contribution in [3.8, 4) is 0 Å². The summed E-state index contributed by atoms with van der Waals surface area (Å²) in [5.74, 6) is 0.983. The fourth-order valence-electron chi connectivity index (χ4n) is 2.09. The molecule has 2 unspecified atom stereocenters. The van der Waals surface area contributed by atoms with Crippen LogP contribution >= 0.6 is 0 Å². The van der Waals surface area contributed by atoms with Gasteiger partial charge < -0.3 is 4.90 Å². The average Bonchev–Trinajstić information content (AvgIpc) is 2.53. The molecule has 1 saturated heterocycles. The second kappa shape index (κ2) is 5.17. The molecule has 2 atom stereocenters. The highest BCUT2D eigenvalue weighted by atomic mass is 16.2. The van der Waals surface area contributed by atoms with E-state index < -0.39 is 0 Å². The van der Waals surface area contributed by atoms with Gasteiger partial charge in [-0.15, -0.1) is 0 Å². The Kier molecular flexibility index (Phi) is 4.36. The van der Waals surface area contributed by atoms with Crippen LogP contribution in [0.25, 0.3) is 0 Å². The highest BCUT2D eigenvalue weighted by molar-refractivity contribution is 5.88. The minimum absolute atomic E-state index is 0.270. The lowest BCUT2D eigenvalue weighted by Gasteiger charge is -2.26. The summed E-state index contributed by atoms with van der Waals surface area (Å²) in [6.07, 6.45) is 3.15. The van der Waals surface area contributed by atoms with E-state index in [4.69, 9.17) is 0 Å². The third kappa shape index (κ3) is 2.76. The van der Waals surface area contributed by atoms with Gasteiger partial charge in [-0.2, -0.15) is 0 Å². The summed E-state index contributed by atoms with van der Waals surface area (Å²) < 4.78 is 0. The Morgan fingerprint density at radius 3 is 2.44 bits per heavy atom. The highest BCUT2D eigenvalue weighted by Crippen LogP contribution is 2.23. The van der Waals surface area contributed by atoms with Crippen LogP contribution in [-0.2, 0) is 4.79 Å². The first-order chi connectivity index (χ1) is 7.40. The largest absolute Gasteiger partial charge is 0.326 e. The second-order valence-electron chi connectivity index (χ2n) is 5.62. The molecule has 0 spiro atoms. The zero-order chi connectivity index (χ0) is 12.3. The Labute approximate surface area is 99.6 Å². The van der Waals surface area contributed by atoms with E-state index in [1.54, 1.807) is 0 Å². The fourth-order valence-corrected chi connectivity index (χ4v) is 2.09. The molecule has 0 aliphatic carbocycles. The molecule has 3 heteroatoms. The van der Waals surface area contributed by atoms with Crippen LogP contribution in [0.15, 0.2) is 0 Å². The summed E-state index contributed by atoms with van der Waals surface area (Å²) in [5.41, 5.74) is -0.327. The molecule has 1 rings (SSSR count). The van der Waals surface area contributed by atoms with E-state index in [0.717, 1.165) is 12.8 Å². The van der Waals surface area contributed by atoms with E-state index in [0.29, 0.717) is 18.6 Å². The number of carbonyl (C=O) groups is 1. The molecule has 1 aliphatic heterocycles. The van der Waals surface area contributed by atoms with Crippen LogP contribution in [0.5, 0.6) is 0 Å². The van der Waals surface area contributed by atoms with Gasteiger partial charge in [0.25, 0.3) is 0 Å². The molecule has 1 amide bonds. The molecular formula is C13H26N2O. The van der Waals surface area contributed by atoms with Crippen LogP contribution < -0.4 is 5.32 Å². The number of rotatable bonds is 5. The van der Waals surface area contributed by atoms with Gasteiger partial charge in [0, 0.05) is 6.04 Å². The van der Waals surface area contributed by atoms with E-state index in [-0.39, 0.29) is 11.4 Å². The number of nitrogens with one attached hydrogen (secondary N) is 1. The van der Waals surface area contributed by atoms with Crippen molar-refractivity contribution in [2.24, 2.45) is 5.92 Å². The molecule has 0 radical (unpaired) electrons. The summed E-state index contributed by atoms with van der Waals surface area (Å²) in [6, 6.07) is 0.357. The first-order valence-electron chi connectivity index (χ1n) is 6.46. The molecule has 1 fully saturated rings. The Morgan fingerprint density at radius 1 is 1.38 bits per heavy atom. The zero-order valence-electron chi connectivity index (χ0n) is 11.3. The maximum Gasteiger partial charge on any atom is 0.243 e. The third-order valence-electron chi connectivity index (χ3n) is 3.77. The molecule has 94 valence electrons. The lowest BCUT2D eigenvalue weighted by molar-refractivity contribution is -0.133. The number of hydrogen-bond acceptors (Lipinski definition) is 2. The van der Waals surface area contributed by atoms with Gasteiger partial charge in [-0.3, -0.25) is 10.1 Å². The molecule has 0 aromatic rings. The molecule has 0 aromatic carbocycles. The van der Waals surface area contributed by atoms with Crippen LogP contribution in [0, 0.1) is 5.92 Å². The lowest BCUT2D eigenvalue weighted by Crippen LogP contribution is -2.44. The van der Waals surface area contributed by atoms with Crippen LogP contribution in [0.2, 0.25) is 0 Å². The number of carbonyl (C=O) groups excluding carboxylic acids is 1. The van der Waals surface area contributed by atoms with Gasteiger partial charge in [0.2, 0.25) is 5.91 Å². The predicted octanol–water partition coefficient (Wildman–Crippen LogP) is 2.37. The van der Waals surface area contributed by atoms with Crippen LogP contribution in [0.1, 0.15) is 53.9 Å². The first kappa shape index (κ1) is 13.5. The Bertz CT molecular complexity index is 252. The monoisotopic (exact) mass is 226 g/mol. The summed E-state index contributed by atoms with van der Waals surface area (Å²) in [7, 11) is 0. The Morgan fingerprint density at radius 2 is 2.00 bits per heavy atom. The van der Waals surface area contributed by atoms with E-state index >= 15 is 0 Å². The Balaban J connectivity index is 2.53. The highest BCUT2D eigenvalue weighted by Gasteiger charge is 2.42. The molecule has 1 heterocycles. The van der Waals surface area contributed by atoms with E-state index in [1.165, 1.54) is 6.42 Å². The van der Waals surface area contributed by atoms with Crippen molar-refractivity contribution in [2.75, 3.05) is 6.67 Å². The van der Waals surface area contributed by atoms with Crippen molar-refractivity contribution in [2.45, 2.75) is 65.5 Å². The lowest BCUT2D eigenvalue weighted by atomic mass is 9.98. The van der Waals surface area contributed by atoms with Gasteiger partial charge in [0.15, 0.2) is 0 Å². The fraction of sp³-hybridized carbons (Fsp3) is 0.923. The van der Waals surface area contributed by atoms with Gasteiger partial charge in [-0.25, -0.2) is 0 Å². The van der Waals surface area contributed by atoms with Crippen molar-refractivity contribution in [1.29, 1.82) is 0 Å². The molecule has 3 nitrogen and oxygen atoms in total. The minimum atomic E-state index is -0.327. The smallest absolute Gasteiger partial charge is 0.243 e. The summed E-state index contributed by atoms with van der Waals surface area (Å²) in [5, 5.41) is 3.33. The van der Waals surface area contributed by atoms with Gasteiger partial charge in [-0.1, -0.05) is 20.8 Å². The van der Waals surface area contributed by atoms with Gasteiger partial charge >= 0.3 is 0 Å². The summed E-state index contributed by atoms with van der Waals surface area (Å²) in [6.45, 7) is 11.4. The number of nitrogens with zero attached hydrogens (tertiary/aromatic N) is 1. The molecule has 16 heavy (non-hydrogen) atoms. The van der Waals surface area contributed by atoms with Crippen molar-refractivity contribution in [3.63, 3.8) is 0 Å². The van der Waals surface area contributed by atoms with Crippen LogP contribution in [0.4, 0.5) is 0 Å². The van der Waals surface area contributed by atoms with Crippen molar-refractivity contribution >= 4 is 5.91 Å². The number of amides is 1. The van der Waals surface area contributed by atoms with Crippen molar-refractivity contribution in [3.05, 3.63) is 0 Å². The summed E-state index contributed by atoms with van der Waals surface area (Å²) in [4.78, 5) is 14.2. The second-order valence-corrected chi connectivity index (χ2v) is 5.62. The number of hydrogen-bond donors (Lipinski definition) is 1. The third-order valence-corrected chi connectivity index (χ3v) is 3.77. The molecule has 0 aromatic heterocycles. The SMILES string of the molecule is CCC1(C)NCN(C(C)CCC(C)C)C1=O. The normalized spacial score (nSPS) is 27.9.